The Bertz CT molecular complexity index is 368. The second-order valence-electron chi connectivity index (χ2n) is 6.72. The summed E-state index contributed by atoms with van der Waals surface area (Å²) in [5.41, 5.74) is 5.40. The van der Waals surface area contributed by atoms with Gasteiger partial charge in [0.15, 0.2) is 5.96 Å². The Kier molecular flexibility index (Phi) is 4.17. The third-order valence-corrected chi connectivity index (χ3v) is 5.30. The van der Waals surface area contributed by atoms with Gasteiger partial charge in [-0.25, -0.2) is 0 Å². The van der Waals surface area contributed by atoms with Gasteiger partial charge in [0.25, 0.3) is 0 Å². The standard InChI is InChI=1S/C15H27N3O2/c16-14(18-10-13-2-1-7-20-13)17-6-5-15(19)9-11-3-4-12(15)8-11/h11-13,19H,1-10H2,(H3,16,17,18). The van der Waals surface area contributed by atoms with Gasteiger partial charge in [-0.15, -0.1) is 0 Å². The molecule has 4 atom stereocenters. The average Bonchev–Trinajstić information content (AvgIpc) is 3.12. The molecule has 1 saturated heterocycles. The van der Waals surface area contributed by atoms with E-state index in [-0.39, 0.29) is 6.10 Å². The minimum Gasteiger partial charge on any atom is -0.390 e. The number of aliphatic imine (C=N–C) groups is 1. The van der Waals surface area contributed by atoms with Crippen LogP contribution in [0.2, 0.25) is 0 Å². The number of rotatable bonds is 5. The van der Waals surface area contributed by atoms with Crippen LogP contribution in [0.4, 0.5) is 0 Å². The predicted molar refractivity (Wildman–Crippen MR) is 78.5 cm³/mol. The number of guanidine groups is 1. The third-order valence-electron chi connectivity index (χ3n) is 5.30. The van der Waals surface area contributed by atoms with E-state index in [0.29, 0.717) is 25.0 Å². The Balaban J connectivity index is 1.37. The van der Waals surface area contributed by atoms with Crippen molar-refractivity contribution >= 4 is 5.96 Å². The molecule has 3 rings (SSSR count). The molecular formula is C15H27N3O2. The Hall–Kier alpha value is -0.810. The van der Waals surface area contributed by atoms with E-state index in [2.05, 4.69) is 10.3 Å². The molecular weight excluding hydrogens is 254 g/mol. The van der Waals surface area contributed by atoms with Gasteiger partial charge in [0.05, 0.1) is 18.2 Å². The minimum absolute atomic E-state index is 0.241. The van der Waals surface area contributed by atoms with Crippen LogP contribution in [-0.2, 0) is 4.74 Å². The van der Waals surface area contributed by atoms with E-state index in [1.165, 1.54) is 19.3 Å². The molecule has 0 radical (unpaired) electrons. The van der Waals surface area contributed by atoms with Crippen LogP contribution in [-0.4, -0.2) is 42.5 Å². The van der Waals surface area contributed by atoms with Crippen LogP contribution in [0.1, 0.15) is 44.9 Å². The van der Waals surface area contributed by atoms with E-state index in [9.17, 15) is 5.11 Å². The van der Waals surface area contributed by atoms with E-state index in [0.717, 1.165) is 38.2 Å². The average molecular weight is 281 g/mol. The maximum absolute atomic E-state index is 10.7. The van der Waals surface area contributed by atoms with E-state index in [1.807, 2.05) is 0 Å². The number of nitrogens with zero attached hydrogens (tertiary/aromatic N) is 1. The highest BCUT2D eigenvalue weighted by molar-refractivity contribution is 5.77. The molecule has 1 heterocycles. The SMILES string of the molecule is NC(=NCC1CCCO1)NCCC1(O)CC2CCC1C2. The third kappa shape index (κ3) is 3.09. The topological polar surface area (TPSA) is 79.9 Å². The van der Waals surface area contributed by atoms with E-state index >= 15 is 0 Å². The first-order chi connectivity index (χ1) is 9.66. The molecule has 4 N–H and O–H groups in total. The molecule has 0 aromatic carbocycles. The lowest BCUT2D eigenvalue weighted by Crippen LogP contribution is -2.41. The van der Waals surface area contributed by atoms with Gasteiger partial charge < -0.3 is 20.9 Å². The van der Waals surface area contributed by atoms with Gasteiger partial charge in [0.1, 0.15) is 0 Å². The molecule has 2 bridgehead atoms. The smallest absolute Gasteiger partial charge is 0.188 e. The van der Waals surface area contributed by atoms with Crippen molar-refractivity contribution in [1.82, 2.24) is 5.32 Å². The molecule has 0 aromatic rings. The summed E-state index contributed by atoms with van der Waals surface area (Å²) >= 11 is 0. The zero-order valence-corrected chi connectivity index (χ0v) is 12.2. The van der Waals surface area contributed by atoms with Gasteiger partial charge in [-0.3, -0.25) is 4.99 Å². The van der Waals surface area contributed by atoms with E-state index in [1.54, 1.807) is 0 Å². The van der Waals surface area contributed by atoms with Gasteiger partial charge in [-0.2, -0.15) is 0 Å². The normalized spacial score (nSPS) is 40.5. The maximum Gasteiger partial charge on any atom is 0.188 e. The van der Waals surface area contributed by atoms with Crippen molar-refractivity contribution in [1.29, 1.82) is 0 Å². The van der Waals surface area contributed by atoms with Gasteiger partial charge in [0.2, 0.25) is 0 Å². The highest BCUT2D eigenvalue weighted by Gasteiger charge is 2.49. The summed E-state index contributed by atoms with van der Waals surface area (Å²) in [6.07, 6.45) is 7.94. The number of fused-ring (bicyclic) bond motifs is 2. The lowest BCUT2D eigenvalue weighted by atomic mass is 9.82. The van der Waals surface area contributed by atoms with Crippen LogP contribution in [0.25, 0.3) is 0 Å². The molecule has 114 valence electrons. The zero-order chi connectivity index (χ0) is 14.0. The largest absolute Gasteiger partial charge is 0.390 e. The summed E-state index contributed by atoms with van der Waals surface area (Å²) in [7, 11) is 0. The molecule has 5 heteroatoms. The molecule has 20 heavy (non-hydrogen) atoms. The van der Waals surface area contributed by atoms with Crippen molar-refractivity contribution in [3.05, 3.63) is 0 Å². The number of nitrogens with two attached hydrogens (primary N) is 1. The van der Waals surface area contributed by atoms with Crippen LogP contribution < -0.4 is 11.1 Å². The second kappa shape index (κ2) is 5.90. The first kappa shape index (κ1) is 14.1. The summed E-state index contributed by atoms with van der Waals surface area (Å²) in [4.78, 5) is 4.32. The fourth-order valence-corrected chi connectivity index (χ4v) is 4.17. The number of hydrogen-bond donors (Lipinski definition) is 3. The quantitative estimate of drug-likeness (QED) is 0.519. The summed E-state index contributed by atoms with van der Waals surface area (Å²) in [6, 6.07) is 0. The van der Waals surface area contributed by atoms with Crippen LogP contribution in [0.15, 0.2) is 4.99 Å². The molecule has 5 nitrogen and oxygen atoms in total. The minimum atomic E-state index is -0.454. The molecule has 4 unspecified atom stereocenters. The van der Waals surface area contributed by atoms with Crippen LogP contribution >= 0.6 is 0 Å². The van der Waals surface area contributed by atoms with Gasteiger partial charge in [-0.05, 0) is 56.8 Å². The fraction of sp³-hybridized carbons (Fsp3) is 0.933. The Morgan fingerprint density at radius 1 is 1.40 bits per heavy atom. The maximum atomic E-state index is 10.7. The van der Waals surface area contributed by atoms with E-state index < -0.39 is 5.60 Å². The van der Waals surface area contributed by atoms with E-state index in [4.69, 9.17) is 10.5 Å². The lowest BCUT2D eigenvalue weighted by molar-refractivity contribution is -0.0191. The lowest BCUT2D eigenvalue weighted by Gasteiger charge is -2.32. The Morgan fingerprint density at radius 2 is 2.30 bits per heavy atom. The molecule has 2 aliphatic carbocycles. The van der Waals surface area contributed by atoms with Crippen molar-refractivity contribution in [2.24, 2.45) is 22.6 Å². The van der Waals surface area contributed by atoms with Gasteiger partial charge >= 0.3 is 0 Å². The molecule has 1 aliphatic heterocycles. The Morgan fingerprint density at radius 3 is 2.95 bits per heavy atom. The number of ether oxygens (including phenoxy) is 1. The Labute approximate surface area is 121 Å². The van der Waals surface area contributed by atoms with Gasteiger partial charge in [0, 0.05) is 13.2 Å². The molecule has 3 fully saturated rings. The van der Waals surface area contributed by atoms with Crippen LogP contribution in [0.3, 0.4) is 0 Å². The van der Waals surface area contributed by atoms with Crippen molar-refractivity contribution in [2.45, 2.75) is 56.7 Å². The summed E-state index contributed by atoms with van der Waals surface area (Å²) in [6.45, 7) is 2.21. The number of hydrogen-bond acceptors (Lipinski definition) is 3. The fourth-order valence-electron chi connectivity index (χ4n) is 4.17. The summed E-state index contributed by atoms with van der Waals surface area (Å²) < 4.78 is 5.51. The molecule has 3 aliphatic rings. The zero-order valence-electron chi connectivity index (χ0n) is 12.2. The van der Waals surface area contributed by atoms with Crippen molar-refractivity contribution in [3.63, 3.8) is 0 Å². The predicted octanol–water partition coefficient (Wildman–Crippen LogP) is 1.01. The van der Waals surface area contributed by atoms with Crippen LogP contribution in [0.5, 0.6) is 0 Å². The van der Waals surface area contributed by atoms with Crippen LogP contribution in [0, 0.1) is 11.8 Å². The number of nitrogens with one attached hydrogen (secondary N) is 1. The van der Waals surface area contributed by atoms with Crippen molar-refractivity contribution in [2.75, 3.05) is 19.7 Å². The molecule has 2 saturated carbocycles. The highest BCUT2D eigenvalue weighted by atomic mass is 16.5. The molecule has 0 aromatic heterocycles. The molecule has 0 spiro atoms. The first-order valence-corrected chi connectivity index (χ1v) is 8.03. The monoisotopic (exact) mass is 281 g/mol. The second-order valence-corrected chi connectivity index (χ2v) is 6.72. The summed E-state index contributed by atoms with van der Waals surface area (Å²) in [5.74, 6) is 1.75. The van der Waals surface area contributed by atoms with Crippen molar-refractivity contribution in [3.8, 4) is 0 Å². The highest BCUT2D eigenvalue weighted by Crippen LogP contribution is 2.51. The van der Waals surface area contributed by atoms with Gasteiger partial charge in [-0.1, -0.05) is 0 Å². The molecule has 0 amide bonds. The van der Waals surface area contributed by atoms with Crippen molar-refractivity contribution < 1.29 is 9.84 Å². The summed E-state index contributed by atoms with van der Waals surface area (Å²) in [5, 5.41) is 13.8. The first-order valence-electron chi connectivity index (χ1n) is 8.03. The number of aliphatic hydroxyl groups is 1.